The molecule has 0 aromatic rings. The van der Waals surface area contributed by atoms with E-state index >= 15 is 0 Å². The lowest BCUT2D eigenvalue weighted by atomic mass is 9.93. The molecule has 0 aromatic carbocycles. The lowest BCUT2D eigenvalue weighted by Crippen LogP contribution is -2.35. The Hall–Kier alpha value is -0.830. The molecule has 0 aliphatic carbocycles. The van der Waals surface area contributed by atoms with Crippen molar-refractivity contribution in [2.75, 3.05) is 19.6 Å². The zero-order valence-electron chi connectivity index (χ0n) is 8.04. The minimum atomic E-state index is -0.165. The molecule has 0 saturated carbocycles. The van der Waals surface area contributed by atoms with E-state index in [1.54, 1.807) is 0 Å². The van der Waals surface area contributed by atoms with Crippen LogP contribution in [0.25, 0.3) is 0 Å². The van der Waals surface area contributed by atoms with Crippen LogP contribution in [0.2, 0.25) is 0 Å². The van der Waals surface area contributed by atoms with Gasteiger partial charge in [0, 0.05) is 13.0 Å². The van der Waals surface area contributed by atoms with Crippen LogP contribution in [-0.2, 0) is 4.79 Å². The van der Waals surface area contributed by atoms with Crippen molar-refractivity contribution in [3.8, 4) is 0 Å². The first-order valence-electron chi connectivity index (χ1n) is 4.84. The maximum absolute atomic E-state index is 10.7. The van der Waals surface area contributed by atoms with Crippen LogP contribution in [0.3, 0.4) is 0 Å². The second-order valence-corrected chi connectivity index (χ2v) is 3.70. The van der Waals surface area contributed by atoms with E-state index in [1.165, 1.54) is 0 Å². The van der Waals surface area contributed by atoms with Crippen molar-refractivity contribution in [3.63, 3.8) is 0 Å². The smallest absolute Gasteiger partial charge is 0.217 e. The molecule has 74 valence electrons. The summed E-state index contributed by atoms with van der Waals surface area (Å²) in [6.07, 6.45) is 4.67. The Morgan fingerprint density at radius 3 is 2.62 bits per heavy atom. The summed E-state index contributed by atoms with van der Waals surface area (Å²) >= 11 is 0. The maximum Gasteiger partial charge on any atom is 0.217 e. The number of hydrogen-bond acceptors (Lipinski definition) is 2. The average Bonchev–Trinajstić information content (AvgIpc) is 2.08. The van der Waals surface area contributed by atoms with E-state index in [0.717, 1.165) is 32.5 Å². The highest BCUT2D eigenvalue weighted by molar-refractivity contribution is 5.73. The molecule has 0 aromatic heterocycles. The summed E-state index contributed by atoms with van der Waals surface area (Å²) in [5, 5.41) is 0. The Labute approximate surface area is 79.6 Å². The van der Waals surface area contributed by atoms with E-state index in [-0.39, 0.29) is 5.91 Å². The first kappa shape index (κ1) is 10.3. The summed E-state index contributed by atoms with van der Waals surface area (Å²) in [7, 11) is 0. The molecule has 13 heavy (non-hydrogen) atoms. The molecule has 1 amide bonds. The number of nitrogens with zero attached hydrogens (tertiary/aromatic N) is 1. The number of amides is 1. The van der Waals surface area contributed by atoms with Gasteiger partial charge in [0.05, 0.1) is 0 Å². The van der Waals surface area contributed by atoms with Gasteiger partial charge in [-0.1, -0.05) is 6.08 Å². The molecule has 1 saturated heterocycles. The van der Waals surface area contributed by atoms with E-state index in [9.17, 15) is 4.79 Å². The van der Waals surface area contributed by atoms with Gasteiger partial charge in [0.25, 0.3) is 0 Å². The second-order valence-electron chi connectivity index (χ2n) is 3.70. The fourth-order valence-corrected chi connectivity index (χ4v) is 1.84. The zero-order valence-corrected chi connectivity index (χ0v) is 8.04. The summed E-state index contributed by atoms with van der Waals surface area (Å²) in [4.78, 5) is 13.0. The largest absolute Gasteiger partial charge is 0.370 e. The molecule has 0 bridgehead atoms. The van der Waals surface area contributed by atoms with Gasteiger partial charge >= 0.3 is 0 Å². The Kier molecular flexibility index (Phi) is 3.96. The van der Waals surface area contributed by atoms with E-state index in [0.29, 0.717) is 12.3 Å². The normalized spacial score (nSPS) is 20.0. The minimum Gasteiger partial charge on any atom is -0.370 e. The molecule has 0 atom stereocenters. The fraction of sp³-hybridized carbons (Fsp3) is 0.700. The third-order valence-corrected chi connectivity index (χ3v) is 2.58. The third kappa shape index (κ3) is 3.59. The number of piperidine rings is 1. The van der Waals surface area contributed by atoms with Crippen molar-refractivity contribution < 1.29 is 4.79 Å². The first-order chi connectivity index (χ1) is 6.22. The Morgan fingerprint density at radius 1 is 1.54 bits per heavy atom. The van der Waals surface area contributed by atoms with E-state index in [1.807, 2.05) is 6.08 Å². The molecule has 0 spiro atoms. The van der Waals surface area contributed by atoms with Crippen LogP contribution in [-0.4, -0.2) is 30.4 Å². The van der Waals surface area contributed by atoms with Crippen LogP contribution >= 0.6 is 0 Å². The van der Waals surface area contributed by atoms with Crippen LogP contribution in [0.1, 0.15) is 19.3 Å². The van der Waals surface area contributed by atoms with Gasteiger partial charge in [-0.3, -0.25) is 9.69 Å². The number of rotatable bonds is 4. The lowest BCUT2D eigenvalue weighted by Gasteiger charge is -2.30. The Morgan fingerprint density at radius 2 is 2.15 bits per heavy atom. The number of nitrogens with two attached hydrogens (primary N) is 1. The Balaban J connectivity index is 2.22. The van der Waals surface area contributed by atoms with Gasteiger partial charge in [0.1, 0.15) is 0 Å². The highest BCUT2D eigenvalue weighted by Gasteiger charge is 2.19. The van der Waals surface area contributed by atoms with Gasteiger partial charge in [-0.15, -0.1) is 6.58 Å². The molecular formula is C10H18N2O. The van der Waals surface area contributed by atoms with Gasteiger partial charge in [-0.05, 0) is 31.8 Å². The van der Waals surface area contributed by atoms with Gasteiger partial charge in [-0.25, -0.2) is 0 Å². The van der Waals surface area contributed by atoms with E-state index in [2.05, 4.69) is 11.5 Å². The van der Waals surface area contributed by atoms with Gasteiger partial charge < -0.3 is 5.73 Å². The minimum absolute atomic E-state index is 0.165. The van der Waals surface area contributed by atoms with Crippen molar-refractivity contribution in [2.45, 2.75) is 19.3 Å². The van der Waals surface area contributed by atoms with Crippen LogP contribution in [0.5, 0.6) is 0 Å². The third-order valence-electron chi connectivity index (χ3n) is 2.58. The number of hydrogen-bond donors (Lipinski definition) is 1. The predicted molar refractivity (Wildman–Crippen MR) is 53.2 cm³/mol. The van der Waals surface area contributed by atoms with Crippen LogP contribution < -0.4 is 5.73 Å². The molecule has 3 heteroatoms. The number of carbonyl (C=O) groups excluding carboxylic acids is 1. The standard InChI is InChI=1S/C10H18N2O/c1-2-5-12-6-3-9(4-7-12)8-10(11)13/h2,9H,1,3-8H2,(H2,11,13). The molecule has 2 N–H and O–H groups in total. The second kappa shape index (κ2) is 5.02. The average molecular weight is 182 g/mol. The highest BCUT2D eigenvalue weighted by atomic mass is 16.1. The summed E-state index contributed by atoms with van der Waals surface area (Å²) in [5.41, 5.74) is 5.15. The van der Waals surface area contributed by atoms with E-state index in [4.69, 9.17) is 5.73 Å². The fourth-order valence-electron chi connectivity index (χ4n) is 1.84. The lowest BCUT2D eigenvalue weighted by molar-refractivity contribution is -0.119. The van der Waals surface area contributed by atoms with Crippen LogP contribution in [0.15, 0.2) is 12.7 Å². The monoisotopic (exact) mass is 182 g/mol. The number of carbonyl (C=O) groups is 1. The molecule has 3 nitrogen and oxygen atoms in total. The molecule has 1 heterocycles. The molecular weight excluding hydrogens is 164 g/mol. The molecule has 1 aliphatic rings. The zero-order chi connectivity index (χ0) is 9.68. The first-order valence-corrected chi connectivity index (χ1v) is 4.84. The van der Waals surface area contributed by atoms with Gasteiger partial charge in [0.15, 0.2) is 0 Å². The summed E-state index contributed by atoms with van der Waals surface area (Å²) in [5.74, 6) is 0.348. The SMILES string of the molecule is C=CCN1CCC(CC(N)=O)CC1. The van der Waals surface area contributed by atoms with Crippen LogP contribution in [0, 0.1) is 5.92 Å². The summed E-state index contributed by atoms with van der Waals surface area (Å²) in [6, 6.07) is 0. The molecule has 0 unspecified atom stereocenters. The Bertz CT molecular complexity index is 183. The summed E-state index contributed by atoms with van der Waals surface area (Å²) < 4.78 is 0. The topological polar surface area (TPSA) is 46.3 Å². The molecule has 0 radical (unpaired) electrons. The van der Waals surface area contributed by atoms with Crippen molar-refractivity contribution in [1.29, 1.82) is 0 Å². The molecule has 1 aliphatic heterocycles. The van der Waals surface area contributed by atoms with Crippen molar-refractivity contribution in [1.82, 2.24) is 4.90 Å². The van der Waals surface area contributed by atoms with Crippen LogP contribution in [0.4, 0.5) is 0 Å². The van der Waals surface area contributed by atoms with E-state index < -0.39 is 0 Å². The number of primary amides is 1. The molecule has 1 fully saturated rings. The maximum atomic E-state index is 10.7. The van der Waals surface area contributed by atoms with Gasteiger partial charge in [0.2, 0.25) is 5.91 Å². The number of likely N-dealkylation sites (tertiary alicyclic amines) is 1. The summed E-state index contributed by atoms with van der Waals surface area (Å²) in [6.45, 7) is 6.81. The predicted octanol–water partition coefficient (Wildman–Crippen LogP) is 0.760. The van der Waals surface area contributed by atoms with Crippen molar-refractivity contribution in [2.24, 2.45) is 11.7 Å². The van der Waals surface area contributed by atoms with Gasteiger partial charge in [-0.2, -0.15) is 0 Å². The quantitative estimate of drug-likeness (QED) is 0.652. The molecule has 1 rings (SSSR count). The van der Waals surface area contributed by atoms with Crippen molar-refractivity contribution in [3.05, 3.63) is 12.7 Å². The van der Waals surface area contributed by atoms with Crippen molar-refractivity contribution >= 4 is 5.91 Å². The highest BCUT2D eigenvalue weighted by Crippen LogP contribution is 2.19.